The molecule has 0 spiro atoms. The molecule has 0 saturated heterocycles. The van der Waals surface area contributed by atoms with Crippen LogP contribution >= 0.6 is 0 Å². The highest BCUT2D eigenvalue weighted by molar-refractivity contribution is 6.06. The maximum absolute atomic E-state index is 12.5. The van der Waals surface area contributed by atoms with Gasteiger partial charge < -0.3 is 19.4 Å². The number of benzene rings is 1. The molecule has 146 valence electrons. The molecule has 0 aliphatic heterocycles. The second-order valence-electron chi connectivity index (χ2n) is 7.01. The smallest absolute Gasteiger partial charge is 0.257 e. The van der Waals surface area contributed by atoms with Gasteiger partial charge in [-0.3, -0.25) is 9.59 Å². The predicted molar refractivity (Wildman–Crippen MR) is 117 cm³/mol. The van der Waals surface area contributed by atoms with Crippen LogP contribution < -0.4 is 10.6 Å². The highest BCUT2D eigenvalue weighted by Crippen LogP contribution is 2.18. The van der Waals surface area contributed by atoms with Crippen molar-refractivity contribution in [3.05, 3.63) is 109 Å². The molecule has 0 atom stereocenters. The van der Waals surface area contributed by atoms with Gasteiger partial charge in [0.2, 0.25) is 0 Å². The summed E-state index contributed by atoms with van der Waals surface area (Å²) in [6.07, 6.45) is 7.39. The molecule has 1 aromatic carbocycles. The monoisotopic (exact) mass is 394 g/mol. The molecular weight excluding hydrogens is 376 g/mol. The van der Waals surface area contributed by atoms with Gasteiger partial charge in [0.1, 0.15) is 0 Å². The molecule has 2 amide bonds. The third kappa shape index (κ3) is 3.42. The Morgan fingerprint density at radius 2 is 1.03 bits per heavy atom. The average molecular weight is 394 g/mol. The SMILES string of the molecule is O=C(Nc1ccc(NC(=O)c2cc3ccccn3c2)cc1)c1cc2ccccn2c1. The zero-order valence-electron chi connectivity index (χ0n) is 15.9. The molecule has 6 nitrogen and oxygen atoms in total. The van der Waals surface area contributed by atoms with Gasteiger partial charge in [0.15, 0.2) is 0 Å². The molecule has 6 heteroatoms. The Labute approximate surface area is 172 Å². The van der Waals surface area contributed by atoms with E-state index in [1.165, 1.54) is 0 Å². The molecule has 2 N–H and O–H groups in total. The van der Waals surface area contributed by atoms with Gasteiger partial charge in [0, 0.05) is 47.2 Å². The highest BCUT2D eigenvalue weighted by Gasteiger charge is 2.11. The number of rotatable bonds is 4. The van der Waals surface area contributed by atoms with Gasteiger partial charge in [-0.2, -0.15) is 0 Å². The highest BCUT2D eigenvalue weighted by atomic mass is 16.2. The maximum Gasteiger partial charge on any atom is 0.257 e. The fourth-order valence-electron chi connectivity index (χ4n) is 3.40. The van der Waals surface area contributed by atoms with Crippen molar-refractivity contribution in [2.45, 2.75) is 0 Å². The number of nitrogens with zero attached hydrogens (tertiary/aromatic N) is 2. The van der Waals surface area contributed by atoms with E-state index in [-0.39, 0.29) is 11.8 Å². The van der Waals surface area contributed by atoms with Crippen molar-refractivity contribution in [2.24, 2.45) is 0 Å². The van der Waals surface area contributed by atoms with Crippen molar-refractivity contribution < 1.29 is 9.59 Å². The van der Waals surface area contributed by atoms with E-state index in [1.807, 2.05) is 69.7 Å². The van der Waals surface area contributed by atoms with E-state index < -0.39 is 0 Å². The van der Waals surface area contributed by atoms with Crippen LogP contribution in [0.2, 0.25) is 0 Å². The van der Waals surface area contributed by atoms with E-state index in [2.05, 4.69) is 10.6 Å². The number of hydrogen-bond donors (Lipinski definition) is 2. The molecular formula is C24H18N4O2. The van der Waals surface area contributed by atoms with Crippen LogP contribution in [0.5, 0.6) is 0 Å². The second kappa shape index (κ2) is 7.25. The minimum Gasteiger partial charge on any atom is -0.323 e. The van der Waals surface area contributed by atoms with Gasteiger partial charge >= 0.3 is 0 Å². The predicted octanol–water partition coefficient (Wildman–Crippen LogP) is 4.70. The fraction of sp³-hybridized carbons (Fsp3) is 0. The number of carbonyl (C=O) groups excluding carboxylic acids is 2. The Bertz CT molecular complexity index is 1210. The third-order valence-electron chi connectivity index (χ3n) is 4.93. The Morgan fingerprint density at radius 3 is 1.43 bits per heavy atom. The van der Waals surface area contributed by atoms with Crippen molar-refractivity contribution in [1.29, 1.82) is 0 Å². The Balaban J connectivity index is 1.26. The Kier molecular flexibility index (Phi) is 4.29. The molecule has 0 aliphatic rings. The van der Waals surface area contributed by atoms with Crippen molar-refractivity contribution in [1.82, 2.24) is 8.80 Å². The fourth-order valence-corrected chi connectivity index (χ4v) is 3.40. The maximum atomic E-state index is 12.5. The summed E-state index contributed by atoms with van der Waals surface area (Å²) in [7, 11) is 0. The average Bonchev–Trinajstić information content (AvgIpc) is 3.39. The number of anilines is 2. The van der Waals surface area contributed by atoms with Crippen molar-refractivity contribution in [3.63, 3.8) is 0 Å². The summed E-state index contributed by atoms with van der Waals surface area (Å²) < 4.78 is 3.80. The molecule has 0 bridgehead atoms. The lowest BCUT2D eigenvalue weighted by molar-refractivity contribution is 0.101. The summed E-state index contributed by atoms with van der Waals surface area (Å²) >= 11 is 0. The molecule has 0 fully saturated rings. The van der Waals surface area contributed by atoms with Gasteiger partial charge in [-0.05, 0) is 60.7 Å². The zero-order chi connectivity index (χ0) is 20.5. The topological polar surface area (TPSA) is 67.0 Å². The summed E-state index contributed by atoms with van der Waals surface area (Å²) in [4.78, 5) is 25.0. The van der Waals surface area contributed by atoms with Crippen molar-refractivity contribution in [2.75, 3.05) is 10.6 Å². The van der Waals surface area contributed by atoms with Crippen molar-refractivity contribution in [3.8, 4) is 0 Å². The molecule has 0 aliphatic carbocycles. The van der Waals surface area contributed by atoms with E-state index in [1.54, 1.807) is 36.7 Å². The normalized spacial score (nSPS) is 10.9. The summed E-state index contributed by atoms with van der Waals surface area (Å²) in [5, 5.41) is 5.76. The molecule has 30 heavy (non-hydrogen) atoms. The number of pyridine rings is 2. The van der Waals surface area contributed by atoms with Crippen LogP contribution in [0, 0.1) is 0 Å². The quantitative estimate of drug-likeness (QED) is 0.464. The van der Waals surface area contributed by atoms with Gasteiger partial charge in [0.05, 0.1) is 11.1 Å². The molecule has 5 aromatic rings. The first kappa shape index (κ1) is 17.8. The van der Waals surface area contributed by atoms with Crippen LogP contribution in [-0.4, -0.2) is 20.6 Å². The lowest BCUT2D eigenvalue weighted by atomic mass is 10.2. The number of carbonyl (C=O) groups is 2. The van der Waals surface area contributed by atoms with Crippen LogP contribution in [0.15, 0.2) is 97.6 Å². The number of fused-ring (bicyclic) bond motifs is 2. The summed E-state index contributed by atoms with van der Waals surface area (Å²) in [5.41, 5.74) is 4.39. The summed E-state index contributed by atoms with van der Waals surface area (Å²) in [6, 6.07) is 22.3. The van der Waals surface area contributed by atoms with Gasteiger partial charge in [-0.25, -0.2) is 0 Å². The molecule has 0 unspecified atom stereocenters. The van der Waals surface area contributed by atoms with E-state index in [4.69, 9.17) is 0 Å². The lowest BCUT2D eigenvalue weighted by Gasteiger charge is -2.07. The number of amides is 2. The second-order valence-corrected chi connectivity index (χ2v) is 7.01. The van der Waals surface area contributed by atoms with Crippen molar-refractivity contribution >= 4 is 34.2 Å². The van der Waals surface area contributed by atoms with E-state index >= 15 is 0 Å². The third-order valence-corrected chi connectivity index (χ3v) is 4.93. The summed E-state index contributed by atoms with van der Waals surface area (Å²) in [5.74, 6) is -0.369. The van der Waals surface area contributed by atoms with Gasteiger partial charge in [0.25, 0.3) is 11.8 Å². The largest absolute Gasteiger partial charge is 0.323 e. The minimum absolute atomic E-state index is 0.184. The molecule has 4 aromatic heterocycles. The number of hydrogen-bond acceptors (Lipinski definition) is 2. The Hall–Kier alpha value is -4.32. The number of aromatic nitrogens is 2. The van der Waals surface area contributed by atoms with E-state index in [0.717, 1.165) is 11.0 Å². The molecule has 5 rings (SSSR count). The molecule has 0 radical (unpaired) electrons. The first-order chi connectivity index (χ1) is 14.7. The van der Waals surface area contributed by atoms with Crippen LogP contribution in [0.1, 0.15) is 20.7 Å². The number of nitrogens with one attached hydrogen (secondary N) is 2. The molecule has 0 saturated carbocycles. The summed E-state index contributed by atoms with van der Waals surface area (Å²) in [6.45, 7) is 0. The first-order valence-electron chi connectivity index (χ1n) is 9.52. The van der Waals surface area contributed by atoms with Gasteiger partial charge in [-0.1, -0.05) is 12.1 Å². The van der Waals surface area contributed by atoms with Crippen LogP contribution in [-0.2, 0) is 0 Å². The van der Waals surface area contributed by atoms with Crippen LogP contribution in [0.25, 0.3) is 11.0 Å². The van der Waals surface area contributed by atoms with Gasteiger partial charge in [-0.15, -0.1) is 0 Å². The molecule has 4 heterocycles. The van der Waals surface area contributed by atoms with E-state index in [0.29, 0.717) is 22.5 Å². The van der Waals surface area contributed by atoms with Crippen LogP contribution in [0.3, 0.4) is 0 Å². The van der Waals surface area contributed by atoms with E-state index in [9.17, 15) is 9.59 Å². The zero-order valence-corrected chi connectivity index (χ0v) is 15.9. The first-order valence-corrected chi connectivity index (χ1v) is 9.52. The van der Waals surface area contributed by atoms with Crippen LogP contribution in [0.4, 0.5) is 11.4 Å². The Morgan fingerprint density at radius 1 is 0.600 bits per heavy atom. The minimum atomic E-state index is -0.184. The lowest BCUT2D eigenvalue weighted by Crippen LogP contribution is -2.12. The standard InChI is InChI=1S/C24H18N4O2/c29-23(17-13-21-5-1-3-11-27(21)15-17)25-19-7-9-20(10-8-19)26-24(30)18-14-22-6-2-4-12-28(22)16-18/h1-16H,(H,25,29)(H,26,30).